The number of aromatic nitrogens is 2. The van der Waals surface area contributed by atoms with Crippen LogP contribution >= 0.6 is 0 Å². The van der Waals surface area contributed by atoms with E-state index in [1.54, 1.807) is 28.1 Å². The number of pyridine rings is 1. The van der Waals surface area contributed by atoms with Gasteiger partial charge < -0.3 is 9.88 Å². The van der Waals surface area contributed by atoms with Crippen LogP contribution in [0.25, 0.3) is 10.9 Å². The van der Waals surface area contributed by atoms with Crippen LogP contribution in [0.5, 0.6) is 0 Å². The minimum Gasteiger partial charge on any atom is -0.361 e. The number of halogens is 1. The lowest BCUT2D eigenvalue weighted by molar-refractivity contribution is -0.131. The van der Waals surface area contributed by atoms with Gasteiger partial charge in [0.1, 0.15) is 12.4 Å². The maximum Gasteiger partial charge on any atom is 0.258 e. The van der Waals surface area contributed by atoms with Crippen molar-refractivity contribution >= 4 is 28.4 Å². The van der Waals surface area contributed by atoms with Crippen molar-refractivity contribution in [3.05, 3.63) is 96.2 Å². The van der Waals surface area contributed by atoms with Crippen LogP contribution in [0.15, 0.2) is 79.3 Å². The predicted molar refractivity (Wildman–Crippen MR) is 137 cm³/mol. The van der Waals surface area contributed by atoms with E-state index in [-0.39, 0.29) is 24.2 Å². The first-order valence-corrected chi connectivity index (χ1v) is 12.1. The molecule has 2 aromatic carbocycles. The van der Waals surface area contributed by atoms with E-state index in [2.05, 4.69) is 14.9 Å². The molecule has 5 rings (SSSR count). The summed E-state index contributed by atoms with van der Waals surface area (Å²) in [6, 6.07) is 18.5. The number of aromatic amines is 1. The van der Waals surface area contributed by atoms with Crippen molar-refractivity contribution in [2.75, 3.05) is 44.2 Å². The lowest BCUT2D eigenvalue weighted by Crippen LogP contribution is -2.52. The Morgan fingerprint density at radius 1 is 1.00 bits per heavy atom. The maximum atomic E-state index is 13.9. The largest absolute Gasteiger partial charge is 0.361 e. The Labute approximate surface area is 209 Å². The molecular formula is C28H28FN5O2. The van der Waals surface area contributed by atoms with Crippen LogP contribution in [0.3, 0.4) is 0 Å². The highest BCUT2D eigenvalue weighted by Crippen LogP contribution is 2.20. The van der Waals surface area contributed by atoms with Crippen molar-refractivity contribution in [3.63, 3.8) is 0 Å². The molecule has 0 aliphatic carbocycles. The van der Waals surface area contributed by atoms with Gasteiger partial charge in [-0.15, -0.1) is 0 Å². The molecule has 36 heavy (non-hydrogen) atoms. The van der Waals surface area contributed by atoms with Gasteiger partial charge in [0.05, 0.1) is 6.20 Å². The third-order valence-electron chi connectivity index (χ3n) is 6.69. The fourth-order valence-corrected chi connectivity index (χ4v) is 4.57. The summed E-state index contributed by atoms with van der Waals surface area (Å²) < 4.78 is 13.9. The standard InChI is InChI=1S/C28H28FN5O2/c29-25-19-30-11-8-21(25)10-13-32-14-16-33(17-15-32)27(35)20-34(24-4-2-1-3-5-24)28(36)23-7-6-22-9-12-31-26(22)18-23/h1-9,11-12,18-19,31H,10,13-17,20H2. The first kappa shape index (κ1) is 23.7. The zero-order valence-electron chi connectivity index (χ0n) is 19.9. The molecular weight excluding hydrogens is 457 g/mol. The lowest BCUT2D eigenvalue weighted by atomic mass is 10.1. The van der Waals surface area contributed by atoms with E-state index in [1.807, 2.05) is 54.7 Å². The quantitative estimate of drug-likeness (QED) is 0.433. The molecule has 4 aromatic rings. The number of benzene rings is 2. The number of anilines is 1. The molecule has 1 fully saturated rings. The van der Waals surface area contributed by atoms with Gasteiger partial charge in [-0.2, -0.15) is 0 Å². The van der Waals surface area contributed by atoms with E-state index in [0.29, 0.717) is 49.4 Å². The summed E-state index contributed by atoms with van der Waals surface area (Å²) in [5, 5.41) is 1.03. The van der Waals surface area contributed by atoms with Gasteiger partial charge in [-0.1, -0.05) is 24.3 Å². The van der Waals surface area contributed by atoms with E-state index in [1.165, 1.54) is 6.20 Å². The van der Waals surface area contributed by atoms with E-state index in [4.69, 9.17) is 0 Å². The first-order valence-electron chi connectivity index (χ1n) is 12.1. The van der Waals surface area contributed by atoms with Gasteiger partial charge >= 0.3 is 0 Å². The maximum absolute atomic E-state index is 13.9. The number of para-hydroxylation sites is 1. The van der Waals surface area contributed by atoms with Gasteiger partial charge in [0, 0.05) is 61.9 Å². The summed E-state index contributed by atoms with van der Waals surface area (Å²) in [5.74, 6) is -0.593. The highest BCUT2D eigenvalue weighted by atomic mass is 19.1. The van der Waals surface area contributed by atoms with Gasteiger partial charge in [0.2, 0.25) is 5.91 Å². The third-order valence-corrected chi connectivity index (χ3v) is 6.69. The molecule has 0 spiro atoms. The fraction of sp³-hybridized carbons (Fsp3) is 0.250. The first-order chi connectivity index (χ1) is 17.6. The monoisotopic (exact) mass is 485 g/mol. The molecule has 8 heteroatoms. The van der Waals surface area contributed by atoms with Crippen molar-refractivity contribution in [1.29, 1.82) is 0 Å². The van der Waals surface area contributed by atoms with Gasteiger partial charge in [0.25, 0.3) is 5.91 Å². The number of carbonyl (C=O) groups is 2. The molecule has 1 aliphatic heterocycles. The molecule has 0 bridgehead atoms. The normalized spacial score (nSPS) is 14.2. The average Bonchev–Trinajstić information content (AvgIpc) is 3.40. The van der Waals surface area contributed by atoms with Gasteiger partial charge in [-0.3, -0.25) is 24.4 Å². The van der Waals surface area contributed by atoms with Gasteiger partial charge in [-0.25, -0.2) is 4.39 Å². The third kappa shape index (κ3) is 5.28. The Hall–Kier alpha value is -4.04. The summed E-state index contributed by atoms with van der Waals surface area (Å²) in [6.45, 7) is 3.25. The van der Waals surface area contributed by atoms with E-state index < -0.39 is 0 Å². The predicted octanol–water partition coefficient (Wildman–Crippen LogP) is 3.74. The molecule has 1 saturated heterocycles. The molecule has 2 aromatic heterocycles. The Bertz CT molecular complexity index is 1350. The molecule has 3 heterocycles. The number of rotatable bonds is 7. The van der Waals surface area contributed by atoms with E-state index in [0.717, 1.165) is 17.4 Å². The van der Waals surface area contributed by atoms with Crippen LogP contribution in [0, 0.1) is 5.82 Å². The summed E-state index contributed by atoms with van der Waals surface area (Å²) in [6.07, 6.45) is 5.28. The summed E-state index contributed by atoms with van der Waals surface area (Å²) in [7, 11) is 0. The molecule has 0 atom stereocenters. The molecule has 0 saturated carbocycles. The molecule has 1 N–H and O–H groups in total. The van der Waals surface area contributed by atoms with Crippen molar-refractivity contribution in [2.45, 2.75) is 6.42 Å². The Kier molecular flexibility index (Phi) is 7.04. The Morgan fingerprint density at radius 2 is 1.81 bits per heavy atom. The van der Waals surface area contributed by atoms with Crippen LogP contribution in [-0.4, -0.2) is 70.9 Å². The number of nitrogens with one attached hydrogen (secondary N) is 1. The number of hydrogen-bond donors (Lipinski definition) is 1. The summed E-state index contributed by atoms with van der Waals surface area (Å²) in [5.41, 5.74) is 2.73. The summed E-state index contributed by atoms with van der Waals surface area (Å²) >= 11 is 0. The SMILES string of the molecule is O=C(CN(C(=O)c1ccc2cc[nH]c2c1)c1ccccc1)N1CCN(CCc2ccncc2F)CC1. The van der Waals surface area contributed by atoms with Crippen LogP contribution in [0.1, 0.15) is 15.9 Å². The van der Waals surface area contributed by atoms with Gasteiger partial charge in [-0.05, 0) is 53.8 Å². The average molecular weight is 486 g/mol. The van der Waals surface area contributed by atoms with Crippen LogP contribution < -0.4 is 4.90 Å². The van der Waals surface area contributed by atoms with Crippen LogP contribution in [-0.2, 0) is 11.2 Å². The zero-order valence-corrected chi connectivity index (χ0v) is 19.9. The smallest absolute Gasteiger partial charge is 0.258 e. The minimum atomic E-state index is -0.285. The van der Waals surface area contributed by atoms with Crippen LogP contribution in [0.4, 0.5) is 10.1 Å². The number of carbonyl (C=O) groups excluding carboxylic acids is 2. The number of fused-ring (bicyclic) bond motifs is 1. The van der Waals surface area contributed by atoms with Crippen molar-refractivity contribution in [3.8, 4) is 0 Å². The minimum absolute atomic E-state index is 0.0339. The number of nitrogens with zero attached hydrogens (tertiary/aromatic N) is 4. The molecule has 184 valence electrons. The second-order valence-corrected chi connectivity index (χ2v) is 8.95. The zero-order chi connectivity index (χ0) is 24.9. The molecule has 2 amide bonds. The molecule has 0 radical (unpaired) electrons. The van der Waals surface area contributed by atoms with Crippen molar-refractivity contribution in [1.82, 2.24) is 19.8 Å². The molecule has 7 nitrogen and oxygen atoms in total. The lowest BCUT2D eigenvalue weighted by Gasteiger charge is -2.36. The van der Waals surface area contributed by atoms with Crippen LogP contribution in [0.2, 0.25) is 0 Å². The summed E-state index contributed by atoms with van der Waals surface area (Å²) in [4.78, 5) is 39.3. The number of piperazine rings is 1. The van der Waals surface area contributed by atoms with E-state index >= 15 is 0 Å². The molecule has 1 aliphatic rings. The van der Waals surface area contributed by atoms with E-state index in [9.17, 15) is 14.0 Å². The second-order valence-electron chi connectivity index (χ2n) is 8.95. The van der Waals surface area contributed by atoms with Gasteiger partial charge in [0.15, 0.2) is 0 Å². The number of hydrogen-bond acceptors (Lipinski definition) is 4. The highest BCUT2D eigenvalue weighted by molar-refractivity contribution is 6.10. The second kappa shape index (κ2) is 10.7. The Morgan fingerprint density at radius 3 is 2.58 bits per heavy atom. The number of H-pyrrole nitrogens is 1. The molecule has 0 unspecified atom stereocenters. The van der Waals surface area contributed by atoms with Crippen molar-refractivity contribution in [2.24, 2.45) is 0 Å². The Balaban J connectivity index is 1.23. The highest BCUT2D eigenvalue weighted by Gasteiger charge is 2.26. The number of amides is 2. The fourth-order valence-electron chi connectivity index (χ4n) is 4.57. The van der Waals surface area contributed by atoms with Crippen molar-refractivity contribution < 1.29 is 14.0 Å². The topological polar surface area (TPSA) is 72.5 Å².